The van der Waals surface area contributed by atoms with Crippen LogP contribution in [-0.2, 0) is 0 Å². The maximum Gasteiger partial charge on any atom is 0.153 e. The molecular formula is C12H7N3S. The topological polar surface area (TPSA) is 41.1 Å². The van der Waals surface area contributed by atoms with E-state index in [2.05, 4.69) is 11.1 Å². The Morgan fingerprint density at radius 3 is 2.94 bits per heavy atom. The van der Waals surface area contributed by atoms with Crippen molar-refractivity contribution in [3.63, 3.8) is 0 Å². The summed E-state index contributed by atoms with van der Waals surface area (Å²) < 4.78 is 1.81. The normalized spacial score (nSPS) is 10.4. The van der Waals surface area contributed by atoms with E-state index in [1.807, 2.05) is 46.3 Å². The van der Waals surface area contributed by atoms with Crippen LogP contribution in [0.15, 0.2) is 41.9 Å². The third-order valence-electron chi connectivity index (χ3n) is 2.39. The highest BCUT2D eigenvalue weighted by molar-refractivity contribution is 7.13. The summed E-state index contributed by atoms with van der Waals surface area (Å²) in [5.41, 5.74) is 2.17. The molecule has 0 radical (unpaired) electrons. The first kappa shape index (κ1) is 9.13. The van der Waals surface area contributed by atoms with Gasteiger partial charge in [-0.1, -0.05) is 12.1 Å². The molecule has 0 saturated carbocycles. The fourth-order valence-corrected chi connectivity index (χ4v) is 2.40. The van der Waals surface area contributed by atoms with Gasteiger partial charge in [-0.2, -0.15) is 5.26 Å². The van der Waals surface area contributed by atoms with Gasteiger partial charge in [0, 0.05) is 6.20 Å². The van der Waals surface area contributed by atoms with E-state index in [-0.39, 0.29) is 0 Å². The van der Waals surface area contributed by atoms with Crippen LogP contribution in [0.3, 0.4) is 0 Å². The predicted octanol–water partition coefficient (Wildman–Crippen LogP) is 2.93. The van der Waals surface area contributed by atoms with E-state index in [0.29, 0.717) is 5.69 Å². The number of thiophene rings is 1. The maximum atomic E-state index is 9.20. The maximum absolute atomic E-state index is 9.20. The van der Waals surface area contributed by atoms with Crippen molar-refractivity contribution in [3.05, 3.63) is 47.6 Å². The molecule has 0 spiro atoms. The second kappa shape index (κ2) is 3.47. The summed E-state index contributed by atoms with van der Waals surface area (Å²) >= 11 is 1.59. The zero-order chi connectivity index (χ0) is 11.0. The summed E-state index contributed by atoms with van der Waals surface area (Å²) in [7, 11) is 0. The van der Waals surface area contributed by atoms with Crippen molar-refractivity contribution in [3.8, 4) is 16.6 Å². The molecule has 0 aromatic carbocycles. The highest BCUT2D eigenvalue weighted by Crippen LogP contribution is 2.27. The number of aromatic nitrogens is 2. The van der Waals surface area contributed by atoms with Crippen LogP contribution in [0, 0.1) is 11.3 Å². The largest absolute Gasteiger partial charge is 0.291 e. The van der Waals surface area contributed by atoms with E-state index in [0.717, 1.165) is 16.2 Å². The molecule has 0 aliphatic carbocycles. The number of imidazole rings is 1. The lowest BCUT2D eigenvalue weighted by atomic mass is 10.3. The van der Waals surface area contributed by atoms with Gasteiger partial charge >= 0.3 is 0 Å². The summed E-state index contributed by atoms with van der Waals surface area (Å²) in [5.74, 6) is 0. The van der Waals surface area contributed by atoms with Crippen LogP contribution in [0.5, 0.6) is 0 Å². The molecule has 0 N–H and O–H groups in total. The Balaban J connectivity index is 2.38. The summed E-state index contributed by atoms with van der Waals surface area (Å²) in [5, 5.41) is 11.2. The molecule has 0 aliphatic heterocycles. The van der Waals surface area contributed by atoms with Gasteiger partial charge in [0.25, 0.3) is 0 Å². The average molecular weight is 225 g/mol. The van der Waals surface area contributed by atoms with Crippen LogP contribution < -0.4 is 0 Å². The number of nitrogens with zero attached hydrogens (tertiary/aromatic N) is 3. The van der Waals surface area contributed by atoms with Gasteiger partial charge in [0.1, 0.15) is 17.4 Å². The Morgan fingerprint density at radius 1 is 1.25 bits per heavy atom. The van der Waals surface area contributed by atoms with E-state index >= 15 is 0 Å². The lowest BCUT2D eigenvalue weighted by Crippen LogP contribution is -1.86. The molecule has 76 valence electrons. The summed E-state index contributed by atoms with van der Waals surface area (Å²) in [6.45, 7) is 0. The van der Waals surface area contributed by atoms with Gasteiger partial charge < -0.3 is 0 Å². The minimum Gasteiger partial charge on any atom is -0.291 e. The molecule has 0 aliphatic rings. The standard InChI is InChI=1S/C12H7N3S/c13-8-9-12(10-4-3-7-16-10)14-11-5-1-2-6-15(9)11/h1-7H. The lowest BCUT2D eigenvalue weighted by molar-refractivity contribution is 1.15. The minimum atomic E-state index is 0.595. The highest BCUT2D eigenvalue weighted by atomic mass is 32.1. The fourth-order valence-electron chi connectivity index (χ4n) is 1.69. The van der Waals surface area contributed by atoms with Crippen LogP contribution >= 0.6 is 11.3 Å². The van der Waals surface area contributed by atoms with E-state index < -0.39 is 0 Å². The molecule has 0 atom stereocenters. The number of nitriles is 1. The Kier molecular flexibility index (Phi) is 1.98. The van der Waals surface area contributed by atoms with Gasteiger partial charge in [-0.05, 0) is 23.6 Å². The molecule has 16 heavy (non-hydrogen) atoms. The second-order valence-corrected chi connectivity index (χ2v) is 4.27. The molecule has 3 nitrogen and oxygen atoms in total. The summed E-state index contributed by atoms with van der Waals surface area (Å²) in [4.78, 5) is 5.50. The molecule has 0 bridgehead atoms. The van der Waals surface area contributed by atoms with Crippen molar-refractivity contribution in [2.75, 3.05) is 0 Å². The Labute approximate surface area is 96.2 Å². The van der Waals surface area contributed by atoms with Crippen LogP contribution in [0.4, 0.5) is 0 Å². The molecule has 0 fully saturated rings. The van der Waals surface area contributed by atoms with Crippen molar-refractivity contribution in [1.82, 2.24) is 9.38 Å². The molecule has 0 amide bonds. The number of rotatable bonds is 1. The number of hydrogen-bond acceptors (Lipinski definition) is 3. The van der Waals surface area contributed by atoms with Gasteiger partial charge in [-0.3, -0.25) is 4.40 Å². The van der Waals surface area contributed by atoms with Crippen LogP contribution in [0.2, 0.25) is 0 Å². The average Bonchev–Trinajstić information content (AvgIpc) is 2.95. The van der Waals surface area contributed by atoms with Crippen molar-refractivity contribution < 1.29 is 0 Å². The molecule has 3 aromatic rings. The molecule has 0 unspecified atom stereocenters. The van der Waals surface area contributed by atoms with Gasteiger partial charge in [0.2, 0.25) is 0 Å². The first-order valence-electron chi connectivity index (χ1n) is 4.81. The highest BCUT2D eigenvalue weighted by Gasteiger charge is 2.13. The molecular weight excluding hydrogens is 218 g/mol. The van der Waals surface area contributed by atoms with Gasteiger partial charge in [-0.25, -0.2) is 4.98 Å². The first-order chi connectivity index (χ1) is 7.90. The molecule has 3 aromatic heterocycles. The van der Waals surface area contributed by atoms with Gasteiger partial charge in [-0.15, -0.1) is 11.3 Å². The van der Waals surface area contributed by atoms with E-state index in [9.17, 15) is 5.26 Å². The van der Waals surface area contributed by atoms with Crippen molar-refractivity contribution in [2.45, 2.75) is 0 Å². The Hall–Kier alpha value is -2.12. The molecule has 4 heteroatoms. The SMILES string of the molecule is N#Cc1c(-c2cccs2)nc2ccccn12. The fraction of sp³-hybridized carbons (Fsp3) is 0. The summed E-state index contributed by atoms with van der Waals surface area (Å²) in [6.07, 6.45) is 1.86. The number of hydrogen-bond donors (Lipinski definition) is 0. The predicted molar refractivity (Wildman–Crippen MR) is 63.2 cm³/mol. The zero-order valence-electron chi connectivity index (χ0n) is 8.29. The number of fused-ring (bicyclic) bond motifs is 1. The van der Waals surface area contributed by atoms with E-state index in [4.69, 9.17) is 0 Å². The third kappa shape index (κ3) is 1.23. The lowest BCUT2D eigenvalue weighted by Gasteiger charge is -1.92. The first-order valence-corrected chi connectivity index (χ1v) is 5.69. The summed E-state index contributed by atoms with van der Waals surface area (Å²) in [6, 6.07) is 11.9. The monoisotopic (exact) mass is 225 g/mol. The van der Waals surface area contributed by atoms with Crippen LogP contribution in [-0.4, -0.2) is 9.38 Å². The van der Waals surface area contributed by atoms with Crippen molar-refractivity contribution >= 4 is 17.0 Å². The second-order valence-electron chi connectivity index (χ2n) is 3.33. The Morgan fingerprint density at radius 2 is 2.19 bits per heavy atom. The van der Waals surface area contributed by atoms with Crippen LogP contribution in [0.1, 0.15) is 5.69 Å². The van der Waals surface area contributed by atoms with Crippen LogP contribution in [0.25, 0.3) is 16.2 Å². The molecule has 0 saturated heterocycles. The molecule has 3 heterocycles. The van der Waals surface area contributed by atoms with Crippen molar-refractivity contribution in [1.29, 1.82) is 5.26 Å². The van der Waals surface area contributed by atoms with Gasteiger partial charge in [0.05, 0.1) is 4.88 Å². The number of pyridine rings is 1. The zero-order valence-corrected chi connectivity index (χ0v) is 9.11. The quantitative estimate of drug-likeness (QED) is 0.639. The van der Waals surface area contributed by atoms with Crippen molar-refractivity contribution in [2.24, 2.45) is 0 Å². The third-order valence-corrected chi connectivity index (χ3v) is 3.27. The van der Waals surface area contributed by atoms with E-state index in [1.165, 1.54) is 0 Å². The molecule has 3 rings (SSSR count). The minimum absolute atomic E-state index is 0.595. The van der Waals surface area contributed by atoms with E-state index in [1.54, 1.807) is 11.3 Å². The Bertz CT molecular complexity index is 674. The van der Waals surface area contributed by atoms with Gasteiger partial charge in [0.15, 0.2) is 5.69 Å². The smallest absolute Gasteiger partial charge is 0.153 e.